The van der Waals surface area contributed by atoms with E-state index in [0.717, 1.165) is 22.6 Å². The molecule has 3 rings (SSSR count). The second-order valence-corrected chi connectivity index (χ2v) is 7.47. The lowest BCUT2D eigenvalue weighted by atomic mass is 10.1. The molecule has 0 aliphatic carbocycles. The maximum atomic E-state index is 12.8. The highest BCUT2D eigenvalue weighted by atomic mass is 16.5. The maximum absolute atomic E-state index is 12.8. The summed E-state index contributed by atoms with van der Waals surface area (Å²) < 4.78 is 7.50. The Morgan fingerprint density at radius 2 is 1.75 bits per heavy atom. The van der Waals surface area contributed by atoms with Crippen LogP contribution in [0.5, 0.6) is 0 Å². The lowest BCUT2D eigenvalue weighted by molar-refractivity contribution is -0.136. The first-order chi connectivity index (χ1) is 13.3. The fraction of sp³-hybridized carbons (Fsp3) is 0.476. The SMILES string of the molecule is Cc1nn(-c2ccc(C(=O)N3C[C@@H](C)O[C@@H](C)C3)cc2)c(C)c1CCC(=O)O. The van der Waals surface area contributed by atoms with Gasteiger partial charge in [0.2, 0.25) is 0 Å². The predicted molar refractivity (Wildman–Crippen MR) is 105 cm³/mol. The molecule has 2 aromatic rings. The number of hydrogen-bond acceptors (Lipinski definition) is 4. The fourth-order valence-electron chi connectivity index (χ4n) is 3.79. The smallest absolute Gasteiger partial charge is 0.303 e. The second kappa shape index (κ2) is 8.14. The molecule has 0 bridgehead atoms. The van der Waals surface area contributed by atoms with Gasteiger partial charge in [-0.15, -0.1) is 0 Å². The molecule has 7 heteroatoms. The first kappa shape index (κ1) is 20.1. The van der Waals surface area contributed by atoms with Crippen LogP contribution in [-0.4, -0.2) is 57.0 Å². The molecule has 1 aromatic heterocycles. The largest absolute Gasteiger partial charge is 0.481 e. The molecular weight excluding hydrogens is 358 g/mol. The van der Waals surface area contributed by atoms with Crippen molar-refractivity contribution in [3.05, 3.63) is 46.8 Å². The van der Waals surface area contributed by atoms with Crippen LogP contribution in [0, 0.1) is 13.8 Å². The van der Waals surface area contributed by atoms with Crippen LogP contribution in [0.4, 0.5) is 0 Å². The third-order valence-electron chi connectivity index (χ3n) is 5.10. The van der Waals surface area contributed by atoms with E-state index in [2.05, 4.69) is 5.10 Å². The number of amides is 1. The molecule has 150 valence electrons. The van der Waals surface area contributed by atoms with Crippen molar-refractivity contribution in [1.82, 2.24) is 14.7 Å². The molecule has 28 heavy (non-hydrogen) atoms. The van der Waals surface area contributed by atoms with E-state index in [1.54, 1.807) is 4.68 Å². The first-order valence-electron chi connectivity index (χ1n) is 9.58. The third-order valence-corrected chi connectivity index (χ3v) is 5.10. The van der Waals surface area contributed by atoms with Crippen molar-refractivity contribution < 1.29 is 19.4 Å². The van der Waals surface area contributed by atoms with Crippen LogP contribution in [0.2, 0.25) is 0 Å². The summed E-state index contributed by atoms with van der Waals surface area (Å²) >= 11 is 0. The molecule has 0 unspecified atom stereocenters. The van der Waals surface area contributed by atoms with Crippen LogP contribution in [-0.2, 0) is 16.0 Å². The first-order valence-corrected chi connectivity index (χ1v) is 9.58. The zero-order valence-electron chi connectivity index (χ0n) is 16.8. The van der Waals surface area contributed by atoms with E-state index in [1.807, 2.05) is 56.9 Å². The standard InChI is InChI=1S/C21H27N3O4/c1-13-11-23(12-14(2)28-13)21(27)17-5-7-18(8-6-17)24-16(4)19(15(3)22-24)9-10-20(25)26/h5-8,13-14H,9-12H2,1-4H3,(H,25,26)/t13-,14+. The topological polar surface area (TPSA) is 84.7 Å². The Morgan fingerprint density at radius 3 is 2.32 bits per heavy atom. The van der Waals surface area contributed by atoms with Crippen LogP contribution in [0.25, 0.3) is 5.69 Å². The normalized spacial score (nSPS) is 19.6. The van der Waals surface area contributed by atoms with Gasteiger partial charge in [0.05, 0.1) is 23.6 Å². The zero-order chi connectivity index (χ0) is 20.4. The van der Waals surface area contributed by atoms with Crippen molar-refractivity contribution in [1.29, 1.82) is 0 Å². The molecule has 0 radical (unpaired) electrons. The zero-order valence-corrected chi connectivity index (χ0v) is 16.8. The number of aryl methyl sites for hydroxylation is 1. The molecule has 2 atom stereocenters. The number of aromatic nitrogens is 2. The van der Waals surface area contributed by atoms with Crippen molar-refractivity contribution in [3.63, 3.8) is 0 Å². The van der Waals surface area contributed by atoms with Crippen LogP contribution >= 0.6 is 0 Å². The van der Waals surface area contributed by atoms with Crippen LogP contribution in [0.15, 0.2) is 24.3 Å². The van der Waals surface area contributed by atoms with E-state index in [-0.39, 0.29) is 24.5 Å². The van der Waals surface area contributed by atoms with Gasteiger partial charge in [0, 0.05) is 30.8 Å². The van der Waals surface area contributed by atoms with Crippen molar-refractivity contribution in [3.8, 4) is 5.69 Å². The Balaban J connectivity index is 1.78. The van der Waals surface area contributed by atoms with Crippen molar-refractivity contribution in [2.45, 2.75) is 52.7 Å². The Labute approximate surface area is 164 Å². The number of aliphatic carboxylic acids is 1. The maximum Gasteiger partial charge on any atom is 0.303 e. The minimum atomic E-state index is -0.818. The van der Waals surface area contributed by atoms with E-state index in [4.69, 9.17) is 9.84 Å². The van der Waals surface area contributed by atoms with Crippen molar-refractivity contribution in [2.24, 2.45) is 0 Å². The van der Waals surface area contributed by atoms with Gasteiger partial charge in [-0.1, -0.05) is 0 Å². The average Bonchev–Trinajstić information content (AvgIpc) is 2.92. The summed E-state index contributed by atoms with van der Waals surface area (Å²) in [4.78, 5) is 25.5. The van der Waals surface area contributed by atoms with Gasteiger partial charge < -0.3 is 14.7 Å². The third kappa shape index (κ3) is 4.25. The van der Waals surface area contributed by atoms with Gasteiger partial charge >= 0.3 is 5.97 Å². The van der Waals surface area contributed by atoms with Crippen molar-refractivity contribution in [2.75, 3.05) is 13.1 Å². The summed E-state index contributed by atoms with van der Waals surface area (Å²) in [5, 5.41) is 13.5. The van der Waals surface area contributed by atoms with E-state index < -0.39 is 5.97 Å². The van der Waals surface area contributed by atoms with E-state index in [0.29, 0.717) is 25.1 Å². The van der Waals surface area contributed by atoms with Gasteiger partial charge in [-0.2, -0.15) is 5.10 Å². The molecular formula is C21H27N3O4. The summed E-state index contributed by atoms with van der Waals surface area (Å²) in [5.41, 5.74) is 4.20. The summed E-state index contributed by atoms with van der Waals surface area (Å²) in [6.07, 6.45) is 0.602. The van der Waals surface area contributed by atoms with E-state index >= 15 is 0 Å². The predicted octanol–water partition coefficient (Wildman–Crippen LogP) is 2.76. The second-order valence-electron chi connectivity index (χ2n) is 7.47. The molecule has 1 amide bonds. The van der Waals surface area contributed by atoms with Crippen LogP contribution < -0.4 is 0 Å². The Kier molecular flexibility index (Phi) is 5.84. The van der Waals surface area contributed by atoms with E-state index in [9.17, 15) is 9.59 Å². The highest BCUT2D eigenvalue weighted by Gasteiger charge is 2.26. The summed E-state index contributed by atoms with van der Waals surface area (Å²) in [6.45, 7) is 8.96. The van der Waals surface area contributed by atoms with Gasteiger partial charge in [0.1, 0.15) is 0 Å². The van der Waals surface area contributed by atoms with Gasteiger partial charge in [-0.05, 0) is 63.9 Å². The fourth-order valence-corrected chi connectivity index (χ4v) is 3.79. The summed E-state index contributed by atoms with van der Waals surface area (Å²) in [5.74, 6) is -0.815. The number of morpholine rings is 1. The Morgan fingerprint density at radius 1 is 1.14 bits per heavy atom. The molecule has 1 aliphatic rings. The number of hydrogen-bond donors (Lipinski definition) is 1. The molecule has 1 N–H and O–H groups in total. The average molecular weight is 385 g/mol. The molecule has 7 nitrogen and oxygen atoms in total. The summed E-state index contributed by atoms with van der Waals surface area (Å²) in [6, 6.07) is 7.38. The molecule has 0 saturated carbocycles. The molecule has 1 aromatic carbocycles. The number of ether oxygens (including phenoxy) is 1. The van der Waals surface area contributed by atoms with Gasteiger partial charge in [0.15, 0.2) is 0 Å². The highest BCUT2D eigenvalue weighted by Crippen LogP contribution is 2.21. The lowest BCUT2D eigenvalue weighted by Crippen LogP contribution is -2.48. The number of carbonyl (C=O) groups excluding carboxylic acids is 1. The van der Waals surface area contributed by atoms with Crippen molar-refractivity contribution >= 4 is 11.9 Å². The van der Waals surface area contributed by atoms with Gasteiger partial charge in [-0.25, -0.2) is 4.68 Å². The Bertz CT molecular complexity index is 863. The van der Waals surface area contributed by atoms with Crippen LogP contribution in [0.1, 0.15) is 47.6 Å². The number of rotatable bonds is 5. The van der Waals surface area contributed by atoms with Gasteiger partial charge in [-0.3, -0.25) is 9.59 Å². The minimum absolute atomic E-state index is 0.00376. The molecule has 1 fully saturated rings. The molecule has 1 saturated heterocycles. The molecule has 2 heterocycles. The number of carboxylic acid groups (broad SMARTS) is 1. The summed E-state index contributed by atoms with van der Waals surface area (Å²) in [7, 11) is 0. The van der Waals surface area contributed by atoms with Crippen LogP contribution in [0.3, 0.4) is 0 Å². The molecule has 1 aliphatic heterocycles. The number of carboxylic acids is 1. The quantitative estimate of drug-likeness (QED) is 0.855. The number of benzene rings is 1. The molecule has 0 spiro atoms. The highest BCUT2D eigenvalue weighted by molar-refractivity contribution is 5.94. The van der Waals surface area contributed by atoms with E-state index in [1.165, 1.54) is 0 Å². The van der Waals surface area contributed by atoms with Gasteiger partial charge in [0.25, 0.3) is 5.91 Å². The minimum Gasteiger partial charge on any atom is -0.481 e. The Hall–Kier alpha value is -2.67. The monoisotopic (exact) mass is 385 g/mol. The number of carbonyl (C=O) groups is 2. The number of nitrogens with zero attached hydrogens (tertiary/aromatic N) is 3. The lowest BCUT2D eigenvalue weighted by Gasteiger charge is -2.35.